The summed E-state index contributed by atoms with van der Waals surface area (Å²) in [6.07, 6.45) is 0.464. The molecule has 0 aromatic heterocycles. The van der Waals surface area contributed by atoms with E-state index in [2.05, 4.69) is 16.3 Å². The lowest BCUT2D eigenvalue weighted by molar-refractivity contribution is -0.121. The number of nitrogens with two attached hydrogens (primary N) is 1. The molecule has 0 atom stereocenters. The molecule has 0 heterocycles. The zero-order valence-electron chi connectivity index (χ0n) is 23.5. The van der Waals surface area contributed by atoms with Crippen LogP contribution in [0.1, 0.15) is 50.4 Å². The van der Waals surface area contributed by atoms with Gasteiger partial charge in [0, 0.05) is 5.56 Å². The fourth-order valence-electron chi connectivity index (χ4n) is 3.35. The van der Waals surface area contributed by atoms with E-state index in [1.807, 2.05) is 48.5 Å². The van der Waals surface area contributed by atoms with Crippen molar-refractivity contribution in [1.82, 2.24) is 16.3 Å². The van der Waals surface area contributed by atoms with E-state index in [1.54, 1.807) is 24.3 Å². The van der Waals surface area contributed by atoms with Crippen molar-refractivity contribution in [3.8, 4) is 12.1 Å². The highest BCUT2D eigenvalue weighted by Gasteiger charge is 2.11. The molecule has 46 heavy (non-hydrogen) atoms. The maximum absolute atomic E-state index is 13.2. The van der Waals surface area contributed by atoms with Crippen LogP contribution in [0.5, 0.6) is 0 Å². The Morgan fingerprint density at radius 1 is 0.674 bits per heavy atom. The number of carbonyl (C=O) groups excluding carboxylic acids is 3. The van der Waals surface area contributed by atoms with Gasteiger partial charge in [0.15, 0.2) is 0 Å². The largest absolute Gasteiger partial charge is 0.478 e. The lowest BCUT2D eigenvalue weighted by atomic mass is 10.1. The minimum atomic E-state index is -1.17. The number of amides is 3. The van der Waals surface area contributed by atoms with Crippen molar-refractivity contribution < 1.29 is 33.1 Å². The van der Waals surface area contributed by atoms with Gasteiger partial charge in [-0.2, -0.15) is 10.5 Å². The molecule has 0 spiro atoms. The summed E-state index contributed by atoms with van der Waals surface area (Å²) in [5.74, 6) is 1.15. The molecule has 13 heteroatoms. The first kappa shape index (κ1) is 37.6. The van der Waals surface area contributed by atoms with E-state index in [4.69, 9.17) is 21.5 Å². The minimum absolute atomic E-state index is 0. The second-order valence-corrected chi connectivity index (χ2v) is 8.81. The highest BCUT2D eigenvalue weighted by atomic mass is 19.1. The Morgan fingerprint density at radius 2 is 1.11 bits per heavy atom. The van der Waals surface area contributed by atoms with Crippen LogP contribution in [0.2, 0.25) is 0 Å². The number of benzene rings is 4. The maximum Gasteiger partial charge on any atom is 0.335 e. The summed E-state index contributed by atoms with van der Waals surface area (Å²) in [6, 6.07) is 28.1. The molecule has 236 valence electrons. The van der Waals surface area contributed by atoms with Crippen LogP contribution in [-0.2, 0) is 22.4 Å². The Labute approximate surface area is 263 Å². The van der Waals surface area contributed by atoms with Gasteiger partial charge >= 0.3 is 5.97 Å². The van der Waals surface area contributed by atoms with E-state index in [-0.39, 0.29) is 47.9 Å². The third-order valence-corrected chi connectivity index (χ3v) is 5.57. The van der Waals surface area contributed by atoms with Gasteiger partial charge in [-0.15, -0.1) is 0 Å². The number of carboxylic acids is 1. The number of hydrazine groups is 2. The number of rotatable bonds is 6. The van der Waals surface area contributed by atoms with E-state index >= 15 is 0 Å². The number of hydrogen-bond donors (Lipinski definition) is 5. The number of aromatic carboxylic acids is 1. The summed E-state index contributed by atoms with van der Waals surface area (Å²) < 4.78 is 25.8. The molecule has 0 saturated carbocycles. The summed E-state index contributed by atoms with van der Waals surface area (Å²) in [5, 5.41) is 25.5. The van der Waals surface area contributed by atoms with Gasteiger partial charge in [0.25, 0.3) is 5.91 Å². The summed E-state index contributed by atoms with van der Waals surface area (Å²) in [4.78, 5) is 44.6. The average Bonchev–Trinajstić information content (AvgIpc) is 3.05. The summed E-state index contributed by atoms with van der Waals surface area (Å²) in [6.45, 7) is 0. The SMILES string of the molecule is C.N#Cc1cc(C(=O)NNC(=O)Cc2ccccc2)ccc1F.N#Cc1cc(C(=O)O)ccc1F.NNC(=O)Cc1ccccc1. The predicted octanol–water partition coefficient (Wildman–Crippen LogP) is 3.95. The summed E-state index contributed by atoms with van der Waals surface area (Å²) in [7, 11) is 0. The van der Waals surface area contributed by atoms with Gasteiger partial charge < -0.3 is 5.11 Å². The van der Waals surface area contributed by atoms with Gasteiger partial charge in [0.05, 0.1) is 29.5 Å². The van der Waals surface area contributed by atoms with Crippen LogP contribution >= 0.6 is 0 Å². The molecule has 4 aromatic carbocycles. The Hall–Kier alpha value is -6.44. The van der Waals surface area contributed by atoms with Crippen molar-refractivity contribution >= 4 is 23.7 Å². The van der Waals surface area contributed by atoms with Crippen molar-refractivity contribution in [3.63, 3.8) is 0 Å². The van der Waals surface area contributed by atoms with Crippen LogP contribution in [0.15, 0.2) is 97.1 Å². The Bertz CT molecular complexity index is 1720. The van der Waals surface area contributed by atoms with Crippen LogP contribution in [-0.4, -0.2) is 28.8 Å². The molecule has 6 N–H and O–H groups in total. The Balaban J connectivity index is 0.000000374. The molecule has 4 rings (SSSR count). The molecule has 0 bridgehead atoms. The van der Waals surface area contributed by atoms with Crippen LogP contribution in [0, 0.1) is 34.3 Å². The second kappa shape index (κ2) is 19.7. The van der Waals surface area contributed by atoms with E-state index in [9.17, 15) is 28.0 Å². The molecular weight excluding hydrogens is 598 g/mol. The fourth-order valence-corrected chi connectivity index (χ4v) is 3.35. The molecule has 0 saturated heterocycles. The zero-order chi connectivity index (χ0) is 33.2. The number of hydrogen-bond acceptors (Lipinski definition) is 7. The molecule has 0 aliphatic carbocycles. The first-order valence-corrected chi connectivity index (χ1v) is 12.9. The molecular formula is C33H30F2N6O5. The standard InChI is InChI=1S/C16H12FN3O2.C8H4FNO2.C8H10N2O.CH4/c17-14-7-6-12(9-13(14)10-18)16(22)20-19-15(21)8-11-4-2-1-3-5-11;9-7-2-1-5(8(11)12)3-6(7)4-10;9-10-8(11)6-7-4-2-1-3-5-7;/h1-7,9H,8H2,(H,19,21)(H,20,22);1-3H,(H,11,12);1-5H,6,9H2,(H,10,11);1H4. The maximum atomic E-state index is 13.2. The van der Waals surface area contributed by atoms with Gasteiger partial charge in [0.2, 0.25) is 11.8 Å². The highest BCUT2D eigenvalue weighted by molar-refractivity contribution is 5.95. The number of carbonyl (C=O) groups is 4. The van der Waals surface area contributed by atoms with Gasteiger partial charge in [-0.05, 0) is 47.5 Å². The van der Waals surface area contributed by atoms with E-state index in [0.29, 0.717) is 6.42 Å². The third-order valence-electron chi connectivity index (χ3n) is 5.57. The van der Waals surface area contributed by atoms with E-state index in [0.717, 1.165) is 41.5 Å². The van der Waals surface area contributed by atoms with Crippen LogP contribution in [0.3, 0.4) is 0 Å². The van der Waals surface area contributed by atoms with Crippen molar-refractivity contribution in [2.45, 2.75) is 20.3 Å². The van der Waals surface area contributed by atoms with Gasteiger partial charge in [-0.3, -0.25) is 30.7 Å². The fraction of sp³-hybridized carbons (Fsp3) is 0.0909. The second-order valence-electron chi connectivity index (χ2n) is 8.81. The third kappa shape index (κ3) is 12.8. The molecule has 0 unspecified atom stereocenters. The molecule has 0 aliphatic heterocycles. The number of nitriles is 2. The van der Waals surface area contributed by atoms with Crippen LogP contribution in [0.4, 0.5) is 8.78 Å². The van der Waals surface area contributed by atoms with Gasteiger partial charge in [0.1, 0.15) is 23.8 Å². The van der Waals surface area contributed by atoms with Crippen molar-refractivity contribution in [1.29, 1.82) is 10.5 Å². The number of halogens is 2. The number of nitrogens with zero attached hydrogens (tertiary/aromatic N) is 2. The molecule has 3 amide bonds. The van der Waals surface area contributed by atoms with Crippen LogP contribution in [0.25, 0.3) is 0 Å². The van der Waals surface area contributed by atoms with Crippen molar-refractivity contribution in [3.05, 3.63) is 142 Å². The predicted molar refractivity (Wildman–Crippen MR) is 164 cm³/mol. The normalized spacial score (nSPS) is 9.15. The Kier molecular flexibility index (Phi) is 16.1. The van der Waals surface area contributed by atoms with Crippen molar-refractivity contribution in [2.24, 2.45) is 5.84 Å². The van der Waals surface area contributed by atoms with Gasteiger partial charge in [-0.25, -0.2) is 19.4 Å². The topological polar surface area (TPSA) is 198 Å². The van der Waals surface area contributed by atoms with E-state index in [1.165, 1.54) is 6.07 Å². The lowest BCUT2D eigenvalue weighted by Crippen LogP contribution is -2.42. The monoisotopic (exact) mass is 628 g/mol. The van der Waals surface area contributed by atoms with Crippen molar-refractivity contribution in [2.75, 3.05) is 0 Å². The molecule has 0 radical (unpaired) electrons. The molecule has 0 fully saturated rings. The first-order chi connectivity index (χ1) is 21.6. The van der Waals surface area contributed by atoms with E-state index < -0.39 is 23.5 Å². The van der Waals surface area contributed by atoms with Crippen LogP contribution < -0.4 is 22.1 Å². The minimum Gasteiger partial charge on any atom is -0.478 e. The summed E-state index contributed by atoms with van der Waals surface area (Å²) in [5.41, 5.74) is 7.84. The molecule has 0 aliphatic rings. The highest BCUT2D eigenvalue weighted by Crippen LogP contribution is 2.10. The average molecular weight is 629 g/mol. The molecule has 4 aromatic rings. The molecule has 11 nitrogen and oxygen atoms in total. The smallest absolute Gasteiger partial charge is 0.335 e. The summed E-state index contributed by atoms with van der Waals surface area (Å²) >= 11 is 0. The Morgan fingerprint density at radius 3 is 1.54 bits per heavy atom. The first-order valence-electron chi connectivity index (χ1n) is 12.9. The zero-order valence-corrected chi connectivity index (χ0v) is 23.5. The lowest BCUT2D eigenvalue weighted by Gasteiger charge is -2.08. The quantitative estimate of drug-likeness (QED) is 0.120. The number of nitrogens with one attached hydrogen (secondary N) is 3. The number of carboxylic acid groups (broad SMARTS) is 1. The van der Waals surface area contributed by atoms with Gasteiger partial charge in [-0.1, -0.05) is 68.1 Å².